The van der Waals surface area contributed by atoms with Crippen molar-refractivity contribution in [3.63, 3.8) is 0 Å². The smallest absolute Gasteiger partial charge is 0.226 e. The predicted molar refractivity (Wildman–Crippen MR) is 231 cm³/mol. The molecule has 9 nitrogen and oxygen atoms in total. The molecule has 57 heavy (non-hydrogen) atoms. The summed E-state index contributed by atoms with van der Waals surface area (Å²) in [7, 11) is -2.61. The molecule has 2 aliphatic rings. The van der Waals surface area contributed by atoms with Crippen molar-refractivity contribution in [3.8, 4) is 22.6 Å². The number of imidazole rings is 1. The number of fused-ring (bicyclic) bond motifs is 2. The molecule has 0 radical (unpaired) electrons. The fourth-order valence-electron chi connectivity index (χ4n) is 7.65. The first-order chi connectivity index (χ1) is 27.2. The number of aromatic nitrogens is 4. The SMILES string of the molecule is CCc1cc(C)c(F)cc1-c1ccc2c(-c3nc4c(n3COCC[Si](C)(C)C)CN(C(=O)C3CC(OCc5ccccc5)C3)C4)nn(COCC[Si](C)(C)C)c2c1. The highest BCUT2D eigenvalue weighted by atomic mass is 28.3. The van der Waals surface area contributed by atoms with Crippen molar-refractivity contribution >= 4 is 33.0 Å². The van der Waals surface area contributed by atoms with Crippen molar-refractivity contribution in [2.45, 2.75) is 124 Å². The number of aryl methyl sites for hydroxylation is 2. The van der Waals surface area contributed by atoms with Gasteiger partial charge >= 0.3 is 0 Å². The lowest BCUT2D eigenvalue weighted by Crippen LogP contribution is -2.42. The van der Waals surface area contributed by atoms with Crippen molar-refractivity contribution in [2.24, 2.45) is 5.92 Å². The van der Waals surface area contributed by atoms with E-state index in [1.165, 1.54) is 0 Å². The molecule has 0 unspecified atom stereocenters. The fourth-order valence-corrected chi connectivity index (χ4v) is 9.17. The molecular weight excluding hydrogens is 750 g/mol. The van der Waals surface area contributed by atoms with Crippen LogP contribution in [0, 0.1) is 18.7 Å². The van der Waals surface area contributed by atoms with Crippen molar-refractivity contribution in [1.29, 1.82) is 0 Å². The van der Waals surface area contributed by atoms with Crippen LogP contribution in [0.1, 0.15) is 47.8 Å². The molecule has 1 aliphatic heterocycles. The van der Waals surface area contributed by atoms with Crippen LogP contribution in [0.4, 0.5) is 4.39 Å². The zero-order valence-electron chi connectivity index (χ0n) is 35.2. The van der Waals surface area contributed by atoms with Crippen LogP contribution >= 0.6 is 0 Å². The Hall–Kier alpha value is -3.95. The Balaban J connectivity index is 1.18. The summed E-state index contributed by atoms with van der Waals surface area (Å²) >= 11 is 0. The summed E-state index contributed by atoms with van der Waals surface area (Å²) in [5, 5.41) is 6.14. The molecule has 1 amide bonds. The molecule has 0 saturated heterocycles. The highest BCUT2D eigenvalue weighted by molar-refractivity contribution is 6.76. The number of hydrogen-bond donors (Lipinski definition) is 0. The summed E-state index contributed by atoms with van der Waals surface area (Å²) < 4.78 is 37.8. The van der Waals surface area contributed by atoms with Crippen LogP contribution in [-0.2, 0) is 58.6 Å². The number of halogens is 1. The Bertz CT molecular complexity index is 2200. The zero-order valence-corrected chi connectivity index (χ0v) is 37.2. The second kappa shape index (κ2) is 17.1. The van der Waals surface area contributed by atoms with Gasteiger partial charge in [0.2, 0.25) is 5.91 Å². The molecule has 7 rings (SSSR count). The van der Waals surface area contributed by atoms with Gasteiger partial charge in [-0.05, 0) is 84.3 Å². The van der Waals surface area contributed by atoms with Gasteiger partial charge in [-0.3, -0.25) is 4.79 Å². The normalized spacial score (nSPS) is 17.0. The lowest BCUT2D eigenvalue weighted by Gasteiger charge is -2.36. The standard InChI is InChI=1S/C45H60FN5O4Si2/c1-9-33-21-31(2)39(46)25-38(33)34-15-16-37-41(24-34)51(30-54-18-20-57(6,7)8)48-43(37)44-47-40-26-49(27-42(40)50(44)29-53-17-19-56(3,4)5)45(52)35-22-36(23-35)55-28-32-13-11-10-12-14-32/h10-16,21,24-25,35-36H,9,17-20,22-23,26-30H2,1-8H3. The molecule has 1 saturated carbocycles. The van der Waals surface area contributed by atoms with Crippen LogP contribution in [0.15, 0.2) is 60.7 Å². The molecule has 3 aromatic carbocycles. The van der Waals surface area contributed by atoms with Gasteiger partial charge in [0.05, 0.1) is 42.7 Å². The first kappa shape index (κ1) is 41.2. The summed E-state index contributed by atoms with van der Waals surface area (Å²) in [5.41, 5.74) is 8.25. The third-order valence-corrected chi connectivity index (χ3v) is 14.8. The molecular formula is C45H60FN5O4Si2. The van der Waals surface area contributed by atoms with E-state index in [0.717, 1.165) is 87.4 Å². The van der Waals surface area contributed by atoms with E-state index in [1.807, 2.05) is 40.8 Å². The van der Waals surface area contributed by atoms with Gasteiger partial charge in [0.1, 0.15) is 25.0 Å². The number of ether oxygens (including phenoxy) is 3. The summed E-state index contributed by atoms with van der Waals surface area (Å²) in [4.78, 5) is 21.0. The Kier molecular flexibility index (Phi) is 12.4. The number of benzene rings is 3. The Morgan fingerprint density at radius 2 is 1.60 bits per heavy atom. The highest BCUT2D eigenvalue weighted by Crippen LogP contribution is 2.38. The monoisotopic (exact) mass is 809 g/mol. The molecule has 1 fully saturated rings. The quantitative estimate of drug-likeness (QED) is 0.0687. The second-order valence-electron chi connectivity index (χ2n) is 18.4. The van der Waals surface area contributed by atoms with Crippen LogP contribution in [0.5, 0.6) is 0 Å². The number of carbonyl (C=O) groups is 1. The van der Waals surface area contributed by atoms with Gasteiger partial charge < -0.3 is 23.7 Å². The lowest BCUT2D eigenvalue weighted by atomic mass is 9.81. The topological polar surface area (TPSA) is 83.6 Å². The third-order valence-electron chi connectivity index (χ3n) is 11.4. The minimum absolute atomic E-state index is 0.0410. The van der Waals surface area contributed by atoms with Gasteiger partial charge in [-0.15, -0.1) is 0 Å². The first-order valence-corrected chi connectivity index (χ1v) is 28.1. The Labute approximate surface area is 339 Å². The van der Waals surface area contributed by atoms with Crippen LogP contribution in [0.2, 0.25) is 51.4 Å². The molecule has 0 atom stereocenters. The Morgan fingerprint density at radius 1 is 0.895 bits per heavy atom. The molecule has 0 spiro atoms. The van der Waals surface area contributed by atoms with Gasteiger partial charge in [-0.1, -0.05) is 88.7 Å². The van der Waals surface area contributed by atoms with Gasteiger partial charge in [0.15, 0.2) is 5.82 Å². The van der Waals surface area contributed by atoms with E-state index in [2.05, 4.69) is 81.1 Å². The van der Waals surface area contributed by atoms with Crippen LogP contribution in [0.3, 0.4) is 0 Å². The molecule has 304 valence electrons. The maximum Gasteiger partial charge on any atom is 0.226 e. The largest absolute Gasteiger partial charge is 0.373 e. The molecule has 5 aromatic rings. The molecule has 1 aliphatic carbocycles. The van der Waals surface area contributed by atoms with Crippen molar-refractivity contribution in [2.75, 3.05) is 13.2 Å². The molecule has 12 heteroatoms. The van der Waals surface area contributed by atoms with Gasteiger partial charge in [-0.25, -0.2) is 14.1 Å². The summed E-state index contributed by atoms with van der Waals surface area (Å²) in [6, 6.07) is 22.1. The van der Waals surface area contributed by atoms with E-state index < -0.39 is 16.1 Å². The number of amides is 1. The molecule has 3 heterocycles. The number of carbonyl (C=O) groups excluding carboxylic acids is 1. The van der Waals surface area contributed by atoms with Crippen molar-refractivity contribution in [1.82, 2.24) is 24.2 Å². The van der Waals surface area contributed by atoms with E-state index in [4.69, 9.17) is 24.3 Å². The summed E-state index contributed by atoms with van der Waals surface area (Å²) in [6.45, 7) is 21.5. The maximum absolute atomic E-state index is 15.0. The third kappa shape index (κ3) is 9.68. The molecule has 0 bridgehead atoms. The van der Waals surface area contributed by atoms with E-state index in [0.29, 0.717) is 51.9 Å². The lowest BCUT2D eigenvalue weighted by molar-refractivity contribution is -0.146. The number of hydrogen-bond acceptors (Lipinski definition) is 6. The van der Waals surface area contributed by atoms with E-state index >= 15 is 0 Å². The minimum atomic E-state index is -1.32. The van der Waals surface area contributed by atoms with E-state index in [9.17, 15) is 9.18 Å². The number of rotatable bonds is 17. The average molecular weight is 810 g/mol. The summed E-state index contributed by atoms with van der Waals surface area (Å²) in [5.74, 6) is 0.642. The number of nitrogens with zero attached hydrogens (tertiary/aromatic N) is 5. The summed E-state index contributed by atoms with van der Waals surface area (Å²) in [6.07, 6.45) is 2.38. The predicted octanol–water partition coefficient (Wildman–Crippen LogP) is 10.0. The maximum atomic E-state index is 15.0. The zero-order chi connectivity index (χ0) is 40.5. The van der Waals surface area contributed by atoms with E-state index in [-0.39, 0.29) is 23.7 Å². The second-order valence-corrected chi connectivity index (χ2v) is 29.7. The fraction of sp³-hybridized carbons (Fsp3) is 0.489. The Morgan fingerprint density at radius 3 is 2.28 bits per heavy atom. The highest BCUT2D eigenvalue weighted by Gasteiger charge is 2.40. The minimum Gasteiger partial charge on any atom is -0.373 e. The van der Waals surface area contributed by atoms with Gasteiger partial charge in [-0.2, -0.15) is 5.10 Å². The first-order valence-electron chi connectivity index (χ1n) is 20.7. The molecule has 2 aromatic heterocycles. The van der Waals surface area contributed by atoms with E-state index in [1.54, 1.807) is 6.07 Å². The van der Waals surface area contributed by atoms with Crippen LogP contribution in [-0.4, -0.2) is 65.6 Å². The average Bonchev–Trinajstić information content (AvgIpc) is 3.83. The van der Waals surface area contributed by atoms with Gasteiger partial charge in [0, 0.05) is 40.7 Å². The molecule has 0 N–H and O–H groups in total. The van der Waals surface area contributed by atoms with Crippen molar-refractivity contribution in [3.05, 3.63) is 94.6 Å². The van der Waals surface area contributed by atoms with Crippen LogP contribution < -0.4 is 0 Å². The van der Waals surface area contributed by atoms with Crippen molar-refractivity contribution < 1.29 is 23.4 Å². The van der Waals surface area contributed by atoms with Gasteiger partial charge in [0.25, 0.3) is 0 Å². The van der Waals surface area contributed by atoms with Crippen LogP contribution in [0.25, 0.3) is 33.5 Å².